The summed E-state index contributed by atoms with van der Waals surface area (Å²) in [6, 6.07) is 11.2. The second-order valence-electron chi connectivity index (χ2n) is 8.44. The van der Waals surface area contributed by atoms with Gasteiger partial charge in [0.05, 0.1) is 18.5 Å². The molecule has 0 N–H and O–H groups in total. The summed E-state index contributed by atoms with van der Waals surface area (Å²) in [7, 11) is -2.76. The molecule has 1 aromatic carbocycles. The van der Waals surface area contributed by atoms with Crippen molar-refractivity contribution in [1.29, 1.82) is 0 Å². The van der Waals surface area contributed by atoms with Crippen LogP contribution in [0.25, 0.3) is 0 Å². The minimum Gasteiger partial charge on any atom is -0.381 e. The first kappa shape index (κ1) is 22.9. The Bertz CT molecular complexity index is 433. The molecule has 144 valence electrons. The van der Waals surface area contributed by atoms with Crippen LogP contribution in [-0.2, 0) is 4.43 Å². The SMILES string of the molecule is CCCC[P+](CCCC)(CCCC)C(O[Si](C)(C)C)c1ccccc1. The van der Waals surface area contributed by atoms with Crippen molar-refractivity contribution in [2.24, 2.45) is 0 Å². The van der Waals surface area contributed by atoms with Gasteiger partial charge in [0.15, 0.2) is 14.2 Å². The molecule has 0 fully saturated rings. The van der Waals surface area contributed by atoms with Crippen LogP contribution in [0.2, 0.25) is 19.6 Å². The zero-order valence-electron chi connectivity index (χ0n) is 17.7. The van der Waals surface area contributed by atoms with Crippen LogP contribution in [0, 0.1) is 0 Å². The van der Waals surface area contributed by atoms with E-state index in [0.29, 0.717) is 5.85 Å². The Hall–Kier alpha value is -0.173. The summed E-state index contributed by atoms with van der Waals surface area (Å²) < 4.78 is 6.97. The van der Waals surface area contributed by atoms with Gasteiger partial charge in [-0.3, -0.25) is 0 Å². The lowest BCUT2D eigenvalue weighted by Gasteiger charge is -2.38. The van der Waals surface area contributed by atoms with E-state index in [9.17, 15) is 0 Å². The molecule has 0 aliphatic carbocycles. The van der Waals surface area contributed by atoms with Crippen molar-refractivity contribution in [1.82, 2.24) is 0 Å². The van der Waals surface area contributed by atoms with Crippen molar-refractivity contribution in [3.8, 4) is 0 Å². The molecule has 0 spiro atoms. The molecule has 1 nitrogen and oxygen atoms in total. The maximum Gasteiger partial charge on any atom is 0.189 e. The van der Waals surface area contributed by atoms with Gasteiger partial charge in [-0.1, -0.05) is 70.4 Å². The quantitative estimate of drug-likeness (QED) is 0.249. The summed E-state index contributed by atoms with van der Waals surface area (Å²) in [5.41, 5.74) is 1.45. The third-order valence-electron chi connectivity index (χ3n) is 4.92. The summed E-state index contributed by atoms with van der Waals surface area (Å²) in [6.45, 7) is 14.1. The lowest BCUT2D eigenvalue weighted by molar-refractivity contribution is 0.277. The summed E-state index contributed by atoms with van der Waals surface area (Å²) in [4.78, 5) is 0. The summed E-state index contributed by atoms with van der Waals surface area (Å²) in [6.07, 6.45) is 12.2. The van der Waals surface area contributed by atoms with Gasteiger partial charge in [0.2, 0.25) is 0 Å². The predicted octanol–water partition coefficient (Wildman–Crippen LogP) is 7.95. The standard InChI is InChI=1S/C22H42OPSi/c1-7-10-18-24(19-11-8-2,20-12-9-3)22(23-25(4,5)6)21-16-14-13-15-17-21/h13-17,22H,7-12,18-20H2,1-6H3/q+1. The first-order chi connectivity index (χ1) is 11.9. The minimum absolute atomic E-state index is 0.366. The van der Waals surface area contributed by atoms with E-state index < -0.39 is 15.6 Å². The number of rotatable bonds is 13. The van der Waals surface area contributed by atoms with Crippen LogP contribution in [0.3, 0.4) is 0 Å². The van der Waals surface area contributed by atoms with E-state index in [2.05, 4.69) is 70.7 Å². The Labute approximate surface area is 159 Å². The van der Waals surface area contributed by atoms with E-state index in [-0.39, 0.29) is 0 Å². The molecule has 0 radical (unpaired) electrons. The fourth-order valence-corrected chi connectivity index (χ4v) is 11.2. The van der Waals surface area contributed by atoms with E-state index in [0.717, 1.165) is 0 Å². The first-order valence-corrected chi connectivity index (χ1v) is 16.3. The van der Waals surface area contributed by atoms with Crippen LogP contribution in [0.4, 0.5) is 0 Å². The minimum atomic E-state index is -1.60. The van der Waals surface area contributed by atoms with Crippen LogP contribution < -0.4 is 0 Å². The first-order valence-electron chi connectivity index (χ1n) is 10.5. The van der Waals surface area contributed by atoms with Crippen molar-refractivity contribution in [3.05, 3.63) is 35.9 Å². The van der Waals surface area contributed by atoms with Gasteiger partial charge in [0.25, 0.3) is 0 Å². The van der Waals surface area contributed by atoms with E-state index >= 15 is 0 Å². The Balaban J connectivity index is 3.30. The summed E-state index contributed by atoms with van der Waals surface area (Å²) >= 11 is 0. The van der Waals surface area contributed by atoms with Gasteiger partial charge < -0.3 is 4.43 Å². The van der Waals surface area contributed by atoms with E-state index in [1.807, 2.05) is 0 Å². The van der Waals surface area contributed by atoms with Crippen LogP contribution in [0.15, 0.2) is 30.3 Å². The highest BCUT2D eigenvalue weighted by atomic mass is 31.2. The lowest BCUT2D eigenvalue weighted by atomic mass is 10.2. The molecule has 1 unspecified atom stereocenters. The molecular formula is C22H42OPSi+. The fraction of sp³-hybridized carbons (Fsp3) is 0.727. The highest BCUT2D eigenvalue weighted by Gasteiger charge is 2.47. The molecule has 0 bridgehead atoms. The third kappa shape index (κ3) is 7.93. The van der Waals surface area contributed by atoms with Crippen LogP contribution >= 0.6 is 7.26 Å². The van der Waals surface area contributed by atoms with Gasteiger partial charge in [0.1, 0.15) is 0 Å². The molecule has 0 saturated carbocycles. The second kappa shape index (κ2) is 11.5. The maximum atomic E-state index is 6.97. The average molecular weight is 382 g/mol. The zero-order valence-corrected chi connectivity index (χ0v) is 19.6. The van der Waals surface area contributed by atoms with Gasteiger partial charge in [-0.2, -0.15) is 0 Å². The molecule has 0 saturated heterocycles. The molecule has 0 amide bonds. The molecule has 1 rings (SSSR count). The molecule has 0 heterocycles. The topological polar surface area (TPSA) is 9.23 Å². The summed E-state index contributed by atoms with van der Waals surface area (Å²) in [5, 5.41) is 0. The van der Waals surface area contributed by atoms with Crippen molar-refractivity contribution in [3.63, 3.8) is 0 Å². The van der Waals surface area contributed by atoms with Crippen LogP contribution in [-0.4, -0.2) is 26.8 Å². The highest BCUT2D eigenvalue weighted by molar-refractivity contribution is 7.76. The Morgan fingerprint density at radius 3 is 1.60 bits per heavy atom. The molecule has 25 heavy (non-hydrogen) atoms. The van der Waals surface area contributed by atoms with E-state index in [1.165, 1.54) is 62.6 Å². The van der Waals surface area contributed by atoms with Crippen LogP contribution in [0.5, 0.6) is 0 Å². The zero-order chi connectivity index (χ0) is 18.8. The van der Waals surface area contributed by atoms with Crippen molar-refractivity contribution >= 4 is 15.6 Å². The van der Waals surface area contributed by atoms with Gasteiger partial charge in [-0.05, 0) is 38.9 Å². The predicted molar refractivity (Wildman–Crippen MR) is 120 cm³/mol. The van der Waals surface area contributed by atoms with Gasteiger partial charge in [-0.15, -0.1) is 0 Å². The Morgan fingerprint density at radius 1 is 0.800 bits per heavy atom. The fourth-order valence-electron chi connectivity index (χ4n) is 3.55. The molecule has 1 aromatic rings. The number of hydrogen-bond acceptors (Lipinski definition) is 1. The maximum absolute atomic E-state index is 6.97. The van der Waals surface area contributed by atoms with E-state index in [1.54, 1.807) is 0 Å². The molecule has 3 heteroatoms. The monoisotopic (exact) mass is 381 g/mol. The van der Waals surface area contributed by atoms with Crippen molar-refractivity contribution in [2.45, 2.75) is 84.8 Å². The molecule has 1 atom stereocenters. The normalized spacial score (nSPS) is 13.8. The molecular weight excluding hydrogens is 339 g/mol. The van der Waals surface area contributed by atoms with Gasteiger partial charge >= 0.3 is 0 Å². The highest BCUT2D eigenvalue weighted by Crippen LogP contribution is 2.71. The Morgan fingerprint density at radius 2 is 1.24 bits per heavy atom. The third-order valence-corrected chi connectivity index (χ3v) is 11.1. The Kier molecular flexibility index (Phi) is 10.5. The second-order valence-corrected chi connectivity index (χ2v) is 17.2. The molecule has 0 aromatic heterocycles. The van der Waals surface area contributed by atoms with Crippen molar-refractivity contribution < 1.29 is 4.43 Å². The van der Waals surface area contributed by atoms with Gasteiger partial charge in [-0.25, -0.2) is 0 Å². The smallest absolute Gasteiger partial charge is 0.189 e. The van der Waals surface area contributed by atoms with Crippen molar-refractivity contribution in [2.75, 3.05) is 18.5 Å². The van der Waals surface area contributed by atoms with E-state index in [4.69, 9.17) is 4.43 Å². The largest absolute Gasteiger partial charge is 0.381 e. The number of unbranched alkanes of at least 4 members (excludes halogenated alkanes) is 3. The lowest BCUT2D eigenvalue weighted by Crippen LogP contribution is -2.31. The number of benzene rings is 1. The number of hydrogen-bond donors (Lipinski definition) is 0. The average Bonchev–Trinajstić information content (AvgIpc) is 2.60. The molecule has 0 aliphatic rings. The summed E-state index contributed by atoms with van der Waals surface area (Å²) in [5.74, 6) is 0.366. The van der Waals surface area contributed by atoms with Gasteiger partial charge in [0, 0.05) is 12.8 Å². The molecule has 0 aliphatic heterocycles. The van der Waals surface area contributed by atoms with Crippen LogP contribution in [0.1, 0.15) is 70.7 Å².